The van der Waals surface area contributed by atoms with Gasteiger partial charge in [-0.3, -0.25) is 15.1 Å². The molecule has 0 N–H and O–H groups in total. The first-order valence-electron chi connectivity index (χ1n) is 8.37. The monoisotopic (exact) mass is 330 g/mol. The molecule has 0 aliphatic heterocycles. The quantitative estimate of drug-likeness (QED) is 0.437. The Hall–Kier alpha value is -2.44. The summed E-state index contributed by atoms with van der Waals surface area (Å²) >= 11 is 0. The topological polar surface area (TPSA) is 83.1 Å². The Morgan fingerprint density at radius 2 is 2.12 bits per heavy atom. The maximum absolute atomic E-state index is 11.6. The first kappa shape index (κ1) is 16.4. The molecule has 7 nitrogen and oxygen atoms in total. The highest BCUT2D eigenvalue weighted by Crippen LogP contribution is 2.48. The molecular formula is C17H22N4O3. The van der Waals surface area contributed by atoms with Crippen LogP contribution in [0.15, 0.2) is 12.1 Å². The van der Waals surface area contributed by atoms with Gasteiger partial charge in [0, 0.05) is 11.6 Å². The third kappa shape index (κ3) is 3.11. The van der Waals surface area contributed by atoms with E-state index in [1.54, 1.807) is 4.68 Å². The van der Waals surface area contributed by atoms with Crippen LogP contribution >= 0.6 is 0 Å². The number of aryl methyl sites for hydroxylation is 2. The Morgan fingerprint density at radius 1 is 1.38 bits per heavy atom. The Bertz CT molecular complexity index is 765. The van der Waals surface area contributed by atoms with Gasteiger partial charge < -0.3 is 4.74 Å². The second kappa shape index (κ2) is 6.59. The van der Waals surface area contributed by atoms with Crippen LogP contribution in [0.25, 0.3) is 5.69 Å². The molecular weight excluding hydrogens is 308 g/mol. The van der Waals surface area contributed by atoms with Crippen LogP contribution in [0.2, 0.25) is 0 Å². The highest BCUT2D eigenvalue weighted by atomic mass is 16.6. The molecule has 2 aromatic rings. The van der Waals surface area contributed by atoms with Crippen LogP contribution < -0.4 is 4.74 Å². The van der Waals surface area contributed by atoms with Crippen molar-refractivity contribution in [2.45, 2.75) is 52.4 Å². The zero-order valence-corrected chi connectivity index (χ0v) is 14.3. The molecule has 24 heavy (non-hydrogen) atoms. The largest absolute Gasteiger partial charge is 0.472 e. The summed E-state index contributed by atoms with van der Waals surface area (Å²) in [6, 6.07) is 3.81. The molecule has 1 fully saturated rings. The average molecular weight is 330 g/mol. The average Bonchev–Trinajstić information content (AvgIpc) is 3.29. The molecule has 0 bridgehead atoms. The second-order valence-electron chi connectivity index (χ2n) is 6.24. The number of aromatic nitrogens is 3. The van der Waals surface area contributed by atoms with Gasteiger partial charge in [0.25, 0.3) is 0 Å². The Labute approximate surface area is 140 Å². The van der Waals surface area contributed by atoms with Gasteiger partial charge in [0.2, 0.25) is 0 Å². The number of nitro groups is 1. The van der Waals surface area contributed by atoms with Gasteiger partial charge in [-0.1, -0.05) is 13.3 Å². The molecule has 0 atom stereocenters. The van der Waals surface area contributed by atoms with Gasteiger partial charge in [-0.2, -0.15) is 0 Å². The second-order valence-corrected chi connectivity index (χ2v) is 6.24. The Morgan fingerprint density at radius 3 is 2.71 bits per heavy atom. The van der Waals surface area contributed by atoms with Crippen LogP contribution in [-0.4, -0.2) is 26.3 Å². The highest BCUT2D eigenvalue weighted by Gasteiger charge is 2.40. The molecule has 0 unspecified atom stereocenters. The third-order valence-electron chi connectivity index (χ3n) is 4.17. The van der Waals surface area contributed by atoms with Crippen LogP contribution in [-0.2, 0) is 0 Å². The van der Waals surface area contributed by atoms with Gasteiger partial charge in [-0.05, 0) is 45.2 Å². The van der Waals surface area contributed by atoms with Crippen molar-refractivity contribution in [1.29, 1.82) is 0 Å². The van der Waals surface area contributed by atoms with Crippen molar-refractivity contribution in [3.63, 3.8) is 0 Å². The molecule has 2 heterocycles. The standard InChI is InChI=1S/C17H22N4O3/c1-4-5-10-24-17-16(21(22)23)15(13-7-8-13)20(19-17)14-9-6-11(2)18-12(14)3/h6,9,13H,4-5,7-8,10H2,1-3H3. The van der Waals surface area contributed by atoms with Crippen molar-refractivity contribution in [1.82, 2.24) is 14.8 Å². The fourth-order valence-corrected chi connectivity index (χ4v) is 2.79. The number of pyridine rings is 1. The first-order valence-corrected chi connectivity index (χ1v) is 8.37. The molecule has 1 saturated carbocycles. The molecule has 0 spiro atoms. The molecule has 2 aromatic heterocycles. The number of ether oxygens (including phenoxy) is 1. The van der Waals surface area contributed by atoms with E-state index >= 15 is 0 Å². The van der Waals surface area contributed by atoms with Crippen molar-refractivity contribution in [2.24, 2.45) is 0 Å². The lowest BCUT2D eigenvalue weighted by atomic mass is 10.2. The van der Waals surface area contributed by atoms with Crippen molar-refractivity contribution < 1.29 is 9.66 Å². The predicted molar refractivity (Wildman–Crippen MR) is 89.9 cm³/mol. The SMILES string of the molecule is CCCCOc1nn(-c2ccc(C)nc2C)c(C2CC2)c1[N+](=O)[O-]. The Balaban J connectivity index is 2.10. The lowest BCUT2D eigenvalue weighted by molar-refractivity contribution is -0.386. The van der Waals surface area contributed by atoms with Crippen molar-refractivity contribution in [2.75, 3.05) is 6.61 Å². The molecule has 0 amide bonds. The van der Waals surface area contributed by atoms with E-state index in [-0.39, 0.29) is 22.4 Å². The maximum atomic E-state index is 11.6. The van der Waals surface area contributed by atoms with Gasteiger partial charge in [0.15, 0.2) is 0 Å². The molecule has 3 rings (SSSR count). The summed E-state index contributed by atoms with van der Waals surface area (Å²) in [5, 5.41) is 16.1. The van der Waals surface area contributed by atoms with Gasteiger partial charge in [0.05, 0.1) is 22.9 Å². The molecule has 0 saturated heterocycles. The molecule has 7 heteroatoms. The summed E-state index contributed by atoms with van der Waals surface area (Å²) in [4.78, 5) is 15.7. The number of rotatable bonds is 7. The van der Waals surface area contributed by atoms with Crippen LogP contribution in [0.3, 0.4) is 0 Å². The summed E-state index contributed by atoms with van der Waals surface area (Å²) in [6.45, 7) is 6.30. The van der Waals surface area contributed by atoms with Gasteiger partial charge in [0.1, 0.15) is 5.69 Å². The summed E-state index contributed by atoms with van der Waals surface area (Å²) in [5.74, 6) is 0.289. The van der Waals surface area contributed by atoms with Crippen LogP contribution in [0.5, 0.6) is 5.88 Å². The highest BCUT2D eigenvalue weighted by molar-refractivity contribution is 5.53. The predicted octanol–water partition coefficient (Wildman–Crippen LogP) is 3.85. The van der Waals surface area contributed by atoms with Crippen LogP contribution in [0.4, 0.5) is 5.69 Å². The fourth-order valence-electron chi connectivity index (χ4n) is 2.79. The zero-order chi connectivity index (χ0) is 17.3. The molecule has 0 radical (unpaired) electrons. The number of nitrogens with zero attached hydrogens (tertiary/aromatic N) is 4. The Kier molecular flexibility index (Phi) is 4.51. The number of unbranched alkanes of at least 4 members (excludes halogenated alkanes) is 1. The minimum Gasteiger partial charge on any atom is -0.472 e. The summed E-state index contributed by atoms with van der Waals surface area (Å²) in [7, 11) is 0. The molecule has 1 aliphatic rings. The van der Waals surface area contributed by atoms with Crippen molar-refractivity contribution in [3.8, 4) is 11.6 Å². The first-order chi connectivity index (χ1) is 11.5. The van der Waals surface area contributed by atoms with Gasteiger partial charge in [-0.25, -0.2) is 4.68 Å². The van der Waals surface area contributed by atoms with Gasteiger partial charge >= 0.3 is 11.6 Å². The van der Waals surface area contributed by atoms with Crippen molar-refractivity contribution >= 4 is 5.69 Å². The zero-order valence-electron chi connectivity index (χ0n) is 14.3. The van der Waals surface area contributed by atoms with Crippen molar-refractivity contribution in [3.05, 3.63) is 39.3 Å². The summed E-state index contributed by atoms with van der Waals surface area (Å²) < 4.78 is 7.29. The smallest absolute Gasteiger partial charge is 0.354 e. The lowest BCUT2D eigenvalue weighted by Crippen LogP contribution is -2.06. The van der Waals surface area contributed by atoms with Crippen LogP contribution in [0.1, 0.15) is 55.6 Å². The lowest BCUT2D eigenvalue weighted by Gasteiger charge is -2.08. The summed E-state index contributed by atoms with van der Waals surface area (Å²) in [6.07, 6.45) is 3.69. The van der Waals surface area contributed by atoms with Crippen LogP contribution in [0, 0.1) is 24.0 Å². The maximum Gasteiger partial charge on any atom is 0.354 e. The van der Waals surface area contributed by atoms with E-state index in [9.17, 15) is 10.1 Å². The minimum atomic E-state index is -0.366. The van der Waals surface area contributed by atoms with Gasteiger partial charge in [-0.15, -0.1) is 5.10 Å². The van der Waals surface area contributed by atoms with E-state index in [1.807, 2.05) is 32.9 Å². The fraction of sp³-hybridized carbons (Fsp3) is 0.529. The normalized spacial score (nSPS) is 14.0. The van der Waals surface area contributed by atoms with E-state index in [0.717, 1.165) is 42.8 Å². The minimum absolute atomic E-state index is 0.00794. The summed E-state index contributed by atoms with van der Waals surface area (Å²) in [5.41, 5.74) is 3.13. The van der Waals surface area contributed by atoms with E-state index < -0.39 is 0 Å². The molecule has 1 aliphatic carbocycles. The number of hydrogen-bond donors (Lipinski definition) is 0. The third-order valence-corrected chi connectivity index (χ3v) is 4.17. The van der Waals surface area contributed by atoms with E-state index in [2.05, 4.69) is 10.1 Å². The van der Waals surface area contributed by atoms with E-state index in [1.165, 1.54) is 0 Å². The van der Waals surface area contributed by atoms with E-state index in [4.69, 9.17) is 4.74 Å². The molecule has 0 aromatic carbocycles. The number of hydrogen-bond acceptors (Lipinski definition) is 5. The molecule has 128 valence electrons. The van der Waals surface area contributed by atoms with E-state index in [0.29, 0.717) is 12.3 Å².